The van der Waals surface area contributed by atoms with Crippen molar-refractivity contribution in [3.8, 4) is 5.69 Å². The van der Waals surface area contributed by atoms with Crippen LogP contribution in [0, 0.1) is 19.8 Å². The number of alkyl halides is 2. The number of carbonyl (C=O) groups excluding carboxylic acids is 1. The smallest absolute Gasteiger partial charge is 0.248 e. The molecule has 0 aliphatic heterocycles. The maximum Gasteiger partial charge on any atom is 0.248 e. The zero-order valence-electron chi connectivity index (χ0n) is 13.9. The second kappa shape index (κ2) is 6.34. The van der Waals surface area contributed by atoms with Gasteiger partial charge in [0, 0.05) is 31.0 Å². The van der Waals surface area contributed by atoms with Crippen molar-refractivity contribution < 1.29 is 13.6 Å². The first-order valence-corrected chi connectivity index (χ1v) is 8.13. The maximum absolute atomic E-state index is 13.3. The van der Waals surface area contributed by atoms with Gasteiger partial charge in [0.2, 0.25) is 11.8 Å². The molecule has 1 fully saturated rings. The van der Waals surface area contributed by atoms with Gasteiger partial charge in [-0.25, -0.2) is 13.5 Å². The van der Waals surface area contributed by atoms with Gasteiger partial charge in [-0.1, -0.05) is 18.2 Å². The summed E-state index contributed by atoms with van der Waals surface area (Å²) < 4.78 is 28.4. The summed E-state index contributed by atoms with van der Waals surface area (Å²) in [4.78, 5) is 12.2. The van der Waals surface area contributed by atoms with Crippen LogP contribution in [0.15, 0.2) is 30.3 Å². The maximum atomic E-state index is 13.3. The number of rotatable bonds is 4. The van der Waals surface area contributed by atoms with Gasteiger partial charge in [0.05, 0.1) is 11.4 Å². The van der Waals surface area contributed by atoms with E-state index in [0.29, 0.717) is 6.54 Å². The van der Waals surface area contributed by atoms with Crippen molar-refractivity contribution in [2.45, 2.75) is 45.6 Å². The fraction of sp³-hybridized carbons (Fsp3) is 0.444. The summed E-state index contributed by atoms with van der Waals surface area (Å²) in [5.41, 5.74) is 3.71. The minimum atomic E-state index is -2.70. The summed E-state index contributed by atoms with van der Waals surface area (Å²) in [6.07, 6.45) is -0.302. The monoisotopic (exact) mass is 333 g/mol. The number of nitrogens with zero attached hydrogens (tertiary/aromatic N) is 2. The minimum Gasteiger partial charge on any atom is -0.352 e. The predicted octanol–water partition coefficient (Wildman–Crippen LogP) is 3.54. The summed E-state index contributed by atoms with van der Waals surface area (Å²) in [6.45, 7) is 4.19. The van der Waals surface area contributed by atoms with Gasteiger partial charge in [-0.2, -0.15) is 5.10 Å². The molecule has 0 bridgehead atoms. The van der Waals surface area contributed by atoms with Gasteiger partial charge in [-0.15, -0.1) is 0 Å². The third kappa shape index (κ3) is 3.47. The number of carbonyl (C=O) groups is 1. The van der Waals surface area contributed by atoms with Crippen molar-refractivity contribution in [3.63, 3.8) is 0 Å². The van der Waals surface area contributed by atoms with Crippen LogP contribution in [0.25, 0.3) is 5.69 Å². The standard InChI is InChI=1S/C18H21F2N3O/c1-12-9-13(2)23(22-12)16-6-4-3-5-15(16)11-21-17(24)14-7-8-18(19,20)10-14/h3-6,9,14H,7-8,10-11H2,1-2H3,(H,21,24)/t14-/m1/s1. The van der Waals surface area contributed by atoms with Crippen molar-refractivity contribution in [1.82, 2.24) is 15.1 Å². The van der Waals surface area contributed by atoms with Crippen molar-refractivity contribution in [2.75, 3.05) is 0 Å². The Labute approximate surface area is 139 Å². The molecule has 0 radical (unpaired) electrons. The molecule has 1 amide bonds. The van der Waals surface area contributed by atoms with Gasteiger partial charge < -0.3 is 5.32 Å². The molecular formula is C18H21F2N3O. The van der Waals surface area contributed by atoms with Gasteiger partial charge in [0.15, 0.2) is 0 Å². The Morgan fingerprint density at radius 1 is 1.38 bits per heavy atom. The van der Waals surface area contributed by atoms with E-state index in [1.165, 1.54) is 0 Å². The summed E-state index contributed by atoms with van der Waals surface area (Å²) in [7, 11) is 0. The lowest BCUT2D eigenvalue weighted by atomic mass is 10.1. The fourth-order valence-electron chi connectivity index (χ4n) is 3.24. The Morgan fingerprint density at radius 2 is 2.12 bits per heavy atom. The average Bonchev–Trinajstić information content (AvgIpc) is 3.06. The van der Waals surface area contributed by atoms with Crippen molar-refractivity contribution in [2.24, 2.45) is 5.92 Å². The minimum absolute atomic E-state index is 0.201. The lowest BCUT2D eigenvalue weighted by molar-refractivity contribution is -0.125. The van der Waals surface area contributed by atoms with Crippen LogP contribution in [0.3, 0.4) is 0 Å². The molecule has 1 saturated carbocycles. The summed E-state index contributed by atoms with van der Waals surface area (Å²) in [5, 5.41) is 7.27. The zero-order chi connectivity index (χ0) is 17.3. The SMILES string of the molecule is Cc1cc(C)n(-c2ccccc2CNC(=O)[C@@H]2CCC(F)(F)C2)n1. The molecule has 1 aliphatic carbocycles. The second-order valence-corrected chi connectivity index (χ2v) is 6.48. The zero-order valence-corrected chi connectivity index (χ0v) is 13.9. The third-order valence-electron chi connectivity index (χ3n) is 4.46. The van der Waals surface area contributed by atoms with Gasteiger partial charge >= 0.3 is 0 Å². The van der Waals surface area contributed by atoms with E-state index in [0.717, 1.165) is 22.6 Å². The molecule has 6 heteroatoms. The number of aryl methyl sites for hydroxylation is 2. The van der Waals surface area contributed by atoms with Crippen LogP contribution >= 0.6 is 0 Å². The summed E-state index contributed by atoms with van der Waals surface area (Å²) in [5.74, 6) is -3.60. The van der Waals surface area contributed by atoms with E-state index in [2.05, 4.69) is 10.4 Å². The molecule has 128 valence electrons. The van der Waals surface area contributed by atoms with E-state index in [1.54, 1.807) is 0 Å². The highest BCUT2D eigenvalue weighted by Crippen LogP contribution is 2.38. The molecule has 0 spiro atoms. The first-order valence-electron chi connectivity index (χ1n) is 8.13. The molecule has 24 heavy (non-hydrogen) atoms. The molecule has 0 unspecified atom stereocenters. The first-order chi connectivity index (χ1) is 11.4. The average molecular weight is 333 g/mol. The van der Waals surface area contributed by atoms with Crippen molar-refractivity contribution >= 4 is 5.91 Å². The number of hydrogen-bond acceptors (Lipinski definition) is 2. The highest BCUT2D eigenvalue weighted by Gasteiger charge is 2.42. The molecule has 0 saturated heterocycles. The Kier molecular flexibility index (Phi) is 4.39. The van der Waals surface area contributed by atoms with E-state index in [1.807, 2.05) is 48.9 Å². The summed E-state index contributed by atoms with van der Waals surface area (Å²) in [6, 6.07) is 9.63. The Bertz CT molecular complexity index is 754. The third-order valence-corrected chi connectivity index (χ3v) is 4.46. The summed E-state index contributed by atoms with van der Waals surface area (Å²) >= 11 is 0. The van der Waals surface area contributed by atoms with Crippen LogP contribution in [0.1, 0.15) is 36.2 Å². The van der Waals surface area contributed by atoms with Gasteiger partial charge in [-0.05, 0) is 38.0 Å². The molecule has 1 aliphatic rings. The van der Waals surface area contributed by atoms with E-state index in [-0.39, 0.29) is 25.2 Å². The number of halogens is 2. The molecule has 1 atom stereocenters. The Balaban J connectivity index is 1.72. The largest absolute Gasteiger partial charge is 0.352 e. The number of para-hydroxylation sites is 1. The predicted molar refractivity (Wildman–Crippen MR) is 87.2 cm³/mol. The number of amides is 1. The van der Waals surface area contributed by atoms with E-state index in [4.69, 9.17) is 0 Å². The van der Waals surface area contributed by atoms with Crippen LogP contribution in [0.4, 0.5) is 8.78 Å². The van der Waals surface area contributed by atoms with E-state index < -0.39 is 11.8 Å². The molecule has 4 nitrogen and oxygen atoms in total. The molecule has 1 heterocycles. The van der Waals surface area contributed by atoms with E-state index in [9.17, 15) is 13.6 Å². The fourth-order valence-corrected chi connectivity index (χ4v) is 3.24. The number of aromatic nitrogens is 2. The van der Waals surface area contributed by atoms with Crippen LogP contribution in [0.2, 0.25) is 0 Å². The van der Waals surface area contributed by atoms with Gasteiger partial charge in [-0.3, -0.25) is 4.79 Å². The molecular weight excluding hydrogens is 312 g/mol. The second-order valence-electron chi connectivity index (χ2n) is 6.48. The quantitative estimate of drug-likeness (QED) is 0.930. The van der Waals surface area contributed by atoms with Crippen molar-refractivity contribution in [3.05, 3.63) is 47.3 Å². The van der Waals surface area contributed by atoms with Crippen LogP contribution in [0.5, 0.6) is 0 Å². The number of hydrogen-bond donors (Lipinski definition) is 1. The highest BCUT2D eigenvalue weighted by atomic mass is 19.3. The Hall–Kier alpha value is -2.24. The number of nitrogens with one attached hydrogen (secondary N) is 1. The van der Waals surface area contributed by atoms with Crippen molar-refractivity contribution in [1.29, 1.82) is 0 Å². The normalized spacial score (nSPS) is 19.4. The lowest BCUT2D eigenvalue weighted by Crippen LogP contribution is -2.30. The van der Waals surface area contributed by atoms with Gasteiger partial charge in [0.25, 0.3) is 0 Å². The molecule has 3 rings (SSSR count). The molecule has 1 N–H and O–H groups in total. The van der Waals surface area contributed by atoms with Gasteiger partial charge in [0.1, 0.15) is 0 Å². The first kappa shape index (κ1) is 16.6. The topological polar surface area (TPSA) is 46.9 Å². The van der Waals surface area contributed by atoms with Crippen LogP contribution in [-0.4, -0.2) is 21.6 Å². The van der Waals surface area contributed by atoms with E-state index >= 15 is 0 Å². The van der Waals surface area contributed by atoms with Crippen LogP contribution < -0.4 is 5.32 Å². The molecule has 1 aromatic carbocycles. The molecule has 1 aromatic heterocycles. The van der Waals surface area contributed by atoms with Crippen LogP contribution in [-0.2, 0) is 11.3 Å². The highest BCUT2D eigenvalue weighted by molar-refractivity contribution is 5.79. The Morgan fingerprint density at radius 3 is 2.75 bits per heavy atom. The number of benzene rings is 1. The lowest BCUT2D eigenvalue weighted by Gasteiger charge is -2.14. The molecule has 2 aromatic rings.